The second-order valence-corrected chi connectivity index (χ2v) is 6.46. The lowest BCUT2D eigenvalue weighted by atomic mass is 10.00. The van der Waals surface area contributed by atoms with Crippen molar-refractivity contribution in [3.05, 3.63) is 18.0 Å². The number of nitrogens with one attached hydrogen (secondary N) is 1. The Kier molecular flexibility index (Phi) is 6.69. The molecule has 0 saturated carbocycles. The van der Waals surface area contributed by atoms with Crippen molar-refractivity contribution in [1.82, 2.24) is 15.1 Å². The Hall–Kier alpha value is -0.870. The minimum atomic E-state index is -0.748. The van der Waals surface area contributed by atoms with E-state index in [1.54, 1.807) is 0 Å². The first kappa shape index (κ1) is 17.2. The fourth-order valence-corrected chi connectivity index (χ4v) is 2.42. The van der Waals surface area contributed by atoms with Gasteiger partial charge in [-0.25, -0.2) is 0 Å². The first-order chi connectivity index (χ1) is 9.38. The highest BCUT2D eigenvalue weighted by Crippen LogP contribution is 2.17. The maximum Gasteiger partial charge on any atom is 0.0799 e. The van der Waals surface area contributed by atoms with Gasteiger partial charge in [-0.2, -0.15) is 5.10 Å². The minimum absolute atomic E-state index is 0.466. The van der Waals surface area contributed by atoms with Gasteiger partial charge in [0.2, 0.25) is 0 Å². The van der Waals surface area contributed by atoms with Gasteiger partial charge in [-0.15, -0.1) is 0 Å². The lowest BCUT2D eigenvalue weighted by molar-refractivity contribution is 0.0584. The molecule has 0 aromatic carbocycles. The third-order valence-corrected chi connectivity index (χ3v) is 3.60. The molecule has 116 valence electrons. The molecule has 0 bridgehead atoms. The van der Waals surface area contributed by atoms with Crippen molar-refractivity contribution in [2.45, 2.75) is 65.5 Å². The summed E-state index contributed by atoms with van der Waals surface area (Å²) in [6.45, 7) is 12.1. The second kappa shape index (κ2) is 7.79. The molecule has 0 spiro atoms. The number of aromatic nitrogens is 2. The van der Waals surface area contributed by atoms with Gasteiger partial charge in [0.15, 0.2) is 0 Å². The zero-order valence-electron chi connectivity index (χ0n) is 13.7. The largest absolute Gasteiger partial charge is 0.388 e. The molecule has 20 heavy (non-hydrogen) atoms. The van der Waals surface area contributed by atoms with E-state index in [0.717, 1.165) is 25.1 Å². The number of hydrogen-bond donors (Lipinski definition) is 2. The molecule has 2 N–H and O–H groups in total. The van der Waals surface area contributed by atoms with Gasteiger partial charge in [0.1, 0.15) is 0 Å². The highest BCUT2D eigenvalue weighted by atomic mass is 16.3. The van der Waals surface area contributed by atoms with Gasteiger partial charge in [0.25, 0.3) is 0 Å². The van der Waals surface area contributed by atoms with Crippen molar-refractivity contribution < 1.29 is 5.11 Å². The summed E-state index contributed by atoms with van der Waals surface area (Å²) in [5, 5.41) is 18.4. The van der Waals surface area contributed by atoms with Gasteiger partial charge in [-0.1, -0.05) is 27.7 Å². The first-order valence-electron chi connectivity index (χ1n) is 7.85. The van der Waals surface area contributed by atoms with Crippen LogP contribution in [0.1, 0.15) is 59.2 Å². The van der Waals surface area contributed by atoms with E-state index in [2.05, 4.69) is 38.1 Å². The molecule has 0 radical (unpaired) electrons. The molecule has 4 heteroatoms. The maximum absolute atomic E-state index is 10.4. The van der Waals surface area contributed by atoms with Gasteiger partial charge in [-0.05, 0) is 38.3 Å². The Bertz CT molecular complexity index is 381. The van der Waals surface area contributed by atoms with Crippen LogP contribution in [0.25, 0.3) is 0 Å². The van der Waals surface area contributed by atoms with E-state index in [1.807, 2.05) is 23.9 Å². The molecule has 0 amide bonds. The van der Waals surface area contributed by atoms with Crippen LogP contribution < -0.4 is 5.32 Å². The fraction of sp³-hybridized carbons (Fsp3) is 0.812. The van der Waals surface area contributed by atoms with E-state index < -0.39 is 5.60 Å². The van der Waals surface area contributed by atoms with Crippen LogP contribution in [0, 0.1) is 5.92 Å². The van der Waals surface area contributed by atoms with E-state index >= 15 is 0 Å². The van der Waals surface area contributed by atoms with Crippen LogP contribution in [0.2, 0.25) is 0 Å². The Morgan fingerprint density at radius 2 is 2.00 bits per heavy atom. The number of rotatable bonds is 9. The molecule has 1 aromatic heterocycles. The molecule has 0 saturated heterocycles. The number of nitrogens with zero attached hydrogens (tertiary/aromatic N) is 2. The molecule has 0 aliphatic rings. The fourth-order valence-electron chi connectivity index (χ4n) is 2.42. The number of aliphatic hydroxyl groups is 1. The standard InChI is InChI=1S/C16H31N3O/c1-6-15(7-2)19-9-8-14(18-19)10-16(5,20)12-17-11-13(3)4/h8-9,13,15,17,20H,6-7,10-12H2,1-5H3. The van der Waals surface area contributed by atoms with Crippen LogP contribution in [0.3, 0.4) is 0 Å². The predicted octanol–water partition coefficient (Wildman–Crippen LogP) is 2.78. The van der Waals surface area contributed by atoms with Gasteiger partial charge in [0, 0.05) is 19.2 Å². The molecular formula is C16H31N3O. The Morgan fingerprint density at radius 1 is 1.35 bits per heavy atom. The topological polar surface area (TPSA) is 50.1 Å². The smallest absolute Gasteiger partial charge is 0.0799 e. The van der Waals surface area contributed by atoms with Crippen LogP contribution in [0.15, 0.2) is 12.3 Å². The molecule has 1 heterocycles. The second-order valence-electron chi connectivity index (χ2n) is 6.46. The lowest BCUT2D eigenvalue weighted by Crippen LogP contribution is -2.41. The normalized spacial score (nSPS) is 15.0. The summed E-state index contributed by atoms with van der Waals surface area (Å²) in [5.41, 5.74) is 0.218. The predicted molar refractivity (Wildman–Crippen MR) is 83.9 cm³/mol. The summed E-state index contributed by atoms with van der Waals surface area (Å²) >= 11 is 0. The van der Waals surface area contributed by atoms with Crippen LogP contribution in [0.4, 0.5) is 0 Å². The van der Waals surface area contributed by atoms with Gasteiger partial charge in [-0.3, -0.25) is 4.68 Å². The monoisotopic (exact) mass is 281 g/mol. The van der Waals surface area contributed by atoms with Gasteiger partial charge in [0.05, 0.1) is 17.3 Å². The Balaban J connectivity index is 2.54. The lowest BCUT2D eigenvalue weighted by Gasteiger charge is -2.23. The molecule has 4 nitrogen and oxygen atoms in total. The first-order valence-corrected chi connectivity index (χ1v) is 7.85. The van der Waals surface area contributed by atoms with Gasteiger partial charge >= 0.3 is 0 Å². The summed E-state index contributed by atoms with van der Waals surface area (Å²) in [5.74, 6) is 0.597. The average Bonchev–Trinajstić information content (AvgIpc) is 2.77. The van der Waals surface area contributed by atoms with E-state index in [4.69, 9.17) is 0 Å². The molecular weight excluding hydrogens is 250 g/mol. The van der Waals surface area contributed by atoms with Crippen LogP contribution >= 0.6 is 0 Å². The summed E-state index contributed by atoms with van der Waals surface area (Å²) in [4.78, 5) is 0. The van der Waals surface area contributed by atoms with Crippen molar-refractivity contribution in [2.24, 2.45) is 5.92 Å². The van der Waals surface area contributed by atoms with Crippen LogP contribution in [-0.4, -0.2) is 33.6 Å². The van der Waals surface area contributed by atoms with Crippen molar-refractivity contribution in [2.75, 3.05) is 13.1 Å². The van der Waals surface area contributed by atoms with E-state index in [-0.39, 0.29) is 0 Å². The Morgan fingerprint density at radius 3 is 2.55 bits per heavy atom. The summed E-state index contributed by atoms with van der Waals surface area (Å²) in [6.07, 6.45) is 4.80. The van der Waals surface area contributed by atoms with E-state index in [1.165, 1.54) is 0 Å². The average molecular weight is 281 g/mol. The maximum atomic E-state index is 10.4. The van der Waals surface area contributed by atoms with E-state index in [9.17, 15) is 5.11 Å². The van der Waals surface area contributed by atoms with E-state index in [0.29, 0.717) is 24.9 Å². The van der Waals surface area contributed by atoms with Gasteiger partial charge < -0.3 is 10.4 Å². The molecule has 0 fully saturated rings. The quantitative estimate of drug-likeness (QED) is 0.732. The summed E-state index contributed by atoms with van der Waals surface area (Å²) in [7, 11) is 0. The summed E-state index contributed by atoms with van der Waals surface area (Å²) < 4.78 is 2.03. The molecule has 1 aromatic rings. The highest BCUT2D eigenvalue weighted by molar-refractivity contribution is 5.04. The van der Waals surface area contributed by atoms with Crippen LogP contribution in [-0.2, 0) is 6.42 Å². The molecule has 1 atom stereocenters. The van der Waals surface area contributed by atoms with Crippen LogP contribution in [0.5, 0.6) is 0 Å². The van der Waals surface area contributed by atoms with Crippen molar-refractivity contribution >= 4 is 0 Å². The molecule has 1 unspecified atom stereocenters. The zero-order valence-corrected chi connectivity index (χ0v) is 13.7. The van der Waals surface area contributed by atoms with Crippen molar-refractivity contribution in [3.8, 4) is 0 Å². The van der Waals surface area contributed by atoms with Crippen molar-refractivity contribution in [3.63, 3.8) is 0 Å². The molecule has 1 rings (SSSR count). The minimum Gasteiger partial charge on any atom is -0.388 e. The SMILES string of the molecule is CCC(CC)n1ccc(CC(C)(O)CNCC(C)C)n1. The Labute approximate surface area is 123 Å². The third-order valence-electron chi connectivity index (χ3n) is 3.60. The summed E-state index contributed by atoms with van der Waals surface area (Å²) in [6, 6.07) is 2.49. The number of hydrogen-bond acceptors (Lipinski definition) is 3. The molecule has 0 aliphatic heterocycles. The highest BCUT2D eigenvalue weighted by Gasteiger charge is 2.22. The molecule has 0 aliphatic carbocycles. The van der Waals surface area contributed by atoms with Crippen molar-refractivity contribution in [1.29, 1.82) is 0 Å². The zero-order chi connectivity index (χ0) is 15.2. The third kappa shape index (κ3) is 5.63.